The number of hydrazone groups is 1. The van der Waals surface area contributed by atoms with Gasteiger partial charge in [0.05, 0.1) is 18.9 Å². The zero-order valence-electron chi connectivity index (χ0n) is 19.1. The minimum absolute atomic E-state index is 0.178. The number of rotatable bonds is 10. The number of nitrogens with one attached hydrogen (secondary N) is 1. The minimum atomic E-state index is -0.485. The lowest BCUT2D eigenvalue weighted by atomic mass is 10.1. The van der Waals surface area contributed by atoms with Gasteiger partial charge in [-0.2, -0.15) is 5.10 Å². The monoisotopic (exact) mass is 458 g/mol. The second-order valence-electron chi connectivity index (χ2n) is 7.35. The number of hydrogen-bond acceptors (Lipinski definition) is 6. The molecule has 0 heterocycles. The fourth-order valence-electron chi connectivity index (χ4n) is 3.02. The molecule has 0 saturated carbocycles. The minimum Gasteiger partial charge on any atom is -0.493 e. The smallest absolute Gasteiger partial charge is 0.343 e. The molecule has 174 valence electrons. The second-order valence-corrected chi connectivity index (χ2v) is 7.35. The number of amides is 1. The molecule has 0 aromatic heterocycles. The van der Waals surface area contributed by atoms with Crippen LogP contribution in [0.4, 0.5) is 0 Å². The molecule has 7 nitrogen and oxygen atoms in total. The van der Waals surface area contributed by atoms with E-state index in [-0.39, 0.29) is 12.4 Å². The van der Waals surface area contributed by atoms with Crippen LogP contribution in [0, 0.1) is 6.92 Å². The van der Waals surface area contributed by atoms with Gasteiger partial charge in [-0.05, 0) is 60.9 Å². The molecule has 34 heavy (non-hydrogen) atoms. The van der Waals surface area contributed by atoms with Gasteiger partial charge in [-0.25, -0.2) is 10.2 Å². The second kappa shape index (κ2) is 12.0. The van der Waals surface area contributed by atoms with Crippen molar-refractivity contribution in [3.63, 3.8) is 0 Å². The highest BCUT2D eigenvalue weighted by Crippen LogP contribution is 2.28. The fourth-order valence-corrected chi connectivity index (χ4v) is 3.02. The van der Waals surface area contributed by atoms with Gasteiger partial charge in [-0.3, -0.25) is 4.79 Å². The Morgan fingerprint density at radius 3 is 2.50 bits per heavy atom. The summed E-state index contributed by atoms with van der Waals surface area (Å²) in [4.78, 5) is 24.5. The number of methoxy groups -OCH3 is 1. The van der Waals surface area contributed by atoms with Gasteiger partial charge in [0.2, 0.25) is 0 Å². The van der Waals surface area contributed by atoms with Gasteiger partial charge < -0.3 is 14.2 Å². The molecule has 0 unspecified atom stereocenters. The molecular weight excluding hydrogens is 432 g/mol. The zero-order chi connectivity index (χ0) is 24.3. The molecule has 0 atom stereocenters. The molecular formula is C27H26N2O5. The Morgan fingerprint density at radius 1 is 1.00 bits per heavy atom. The highest BCUT2D eigenvalue weighted by molar-refractivity contribution is 5.91. The molecule has 0 aliphatic heterocycles. The van der Waals surface area contributed by atoms with Crippen LogP contribution in [-0.4, -0.2) is 31.8 Å². The summed E-state index contributed by atoms with van der Waals surface area (Å²) in [6.45, 7) is 5.49. The fraction of sp³-hybridized carbons (Fsp3) is 0.148. The largest absolute Gasteiger partial charge is 0.493 e. The lowest BCUT2D eigenvalue weighted by Crippen LogP contribution is -2.24. The zero-order valence-corrected chi connectivity index (χ0v) is 19.1. The van der Waals surface area contributed by atoms with Crippen LogP contribution >= 0.6 is 0 Å². The number of carbonyl (C=O) groups excluding carboxylic acids is 2. The highest BCUT2D eigenvalue weighted by Gasteiger charge is 2.13. The van der Waals surface area contributed by atoms with Crippen molar-refractivity contribution >= 4 is 18.1 Å². The van der Waals surface area contributed by atoms with E-state index in [9.17, 15) is 9.59 Å². The van der Waals surface area contributed by atoms with Crippen LogP contribution < -0.4 is 19.6 Å². The van der Waals surface area contributed by atoms with E-state index in [4.69, 9.17) is 14.2 Å². The molecule has 0 aliphatic rings. The highest BCUT2D eigenvalue weighted by atomic mass is 16.6. The van der Waals surface area contributed by atoms with Crippen LogP contribution in [0.3, 0.4) is 0 Å². The molecule has 0 fully saturated rings. The third kappa shape index (κ3) is 6.80. The maximum Gasteiger partial charge on any atom is 0.343 e. The normalized spacial score (nSPS) is 10.5. The van der Waals surface area contributed by atoms with Crippen molar-refractivity contribution in [2.24, 2.45) is 5.10 Å². The van der Waals surface area contributed by atoms with E-state index in [0.29, 0.717) is 29.0 Å². The Labute approximate surface area is 198 Å². The van der Waals surface area contributed by atoms with Crippen molar-refractivity contribution in [3.8, 4) is 17.2 Å². The number of carbonyl (C=O) groups is 2. The predicted molar refractivity (Wildman–Crippen MR) is 131 cm³/mol. The molecule has 0 spiro atoms. The molecule has 0 bridgehead atoms. The summed E-state index contributed by atoms with van der Waals surface area (Å²) in [7, 11) is 1.47. The van der Waals surface area contributed by atoms with E-state index >= 15 is 0 Å². The van der Waals surface area contributed by atoms with Crippen molar-refractivity contribution in [1.29, 1.82) is 0 Å². The first-order valence-electron chi connectivity index (χ1n) is 10.6. The van der Waals surface area contributed by atoms with E-state index in [1.165, 1.54) is 13.3 Å². The maximum absolute atomic E-state index is 12.4. The van der Waals surface area contributed by atoms with Gasteiger partial charge in [0.25, 0.3) is 5.91 Å². The van der Waals surface area contributed by atoms with Crippen molar-refractivity contribution < 1.29 is 23.8 Å². The van der Waals surface area contributed by atoms with Crippen molar-refractivity contribution in [2.45, 2.75) is 13.3 Å². The van der Waals surface area contributed by atoms with Crippen molar-refractivity contribution in [3.05, 3.63) is 102 Å². The van der Waals surface area contributed by atoms with Crippen LogP contribution in [0.25, 0.3) is 0 Å². The maximum atomic E-state index is 12.4. The first-order chi connectivity index (χ1) is 16.5. The van der Waals surface area contributed by atoms with Gasteiger partial charge >= 0.3 is 5.97 Å². The van der Waals surface area contributed by atoms with Crippen molar-refractivity contribution in [2.75, 3.05) is 13.7 Å². The van der Waals surface area contributed by atoms with Crippen LogP contribution in [-0.2, 0) is 11.2 Å². The third-order valence-corrected chi connectivity index (χ3v) is 4.78. The van der Waals surface area contributed by atoms with Gasteiger partial charge in [-0.15, -0.1) is 6.58 Å². The predicted octanol–water partition coefficient (Wildman–Crippen LogP) is 4.48. The lowest BCUT2D eigenvalue weighted by Gasteiger charge is -2.10. The Morgan fingerprint density at radius 2 is 1.76 bits per heavy atom. The third-order valence-electron chi connectivity index (χ3n) is 4.78. The van der Waals surface area contributed by atoms with Gasteiger partial charge in [0.1, 0.15) is 5.75 Å². The van der Waals surface area contributed by atoms with Gasteiger partial charge in [0, 0.05) is 0 Å². The molecule has 0 radical (unpaired) electrons. The number of allylic oxidation sites excluding steroid dienone is 1. The number of ether oxygens (including phenoxy) is 3. The number of benzene rings is 3. The van der Waals surface area contributed by atoms with E-state index in [1.807, 2.05) is 37.3 Å². The molecule has 3 rings (SSSR count). The Kier molecular flexibility index (Phi) is 8.57. The number of esters is 1. The number of nitrogens with zero attached hydrogens (tertiary/aromatic N) is 1. The number of aryl methyl sites for hydroxylation is 1. The standard InChI is InChI=1S/C27H26N2O5/c1-4-7-21-8-5-6-9-23(21)33-18-26(30)29-28-17-20-12-15-24(25(16-20)32-3)34-27(31)22-13-10-19(2)11-14-22/h4-6,8-17H,1,7,18H2,2-3H3,(H,29,30)/b28-17-. The SMILES string of the molecule is C=CCc1ccccc1OCC(=O)N/N=C\c1ccc(OC(=O)c2ccc(C)cc2)c(OC)c1. The van der Waals surface area contributed by atoms with Crippen LogP contribution in [0.2, 0.25) is 0 Å². The quantitative estimate of drug-likeness (QED) is 0.159. The van der Waals surface area contributed by atoms with Crippen LogP contribution in [0.15, 0.2) is 84.5 Å². The first kappa shape index (κ1) is 24.3. The molecule has 3 aromatic carbocycles. The van der Waals surface area contributed by atoms with Gasteiger partial charge in [-0.1, -0.05) is 42.0 Å². The molecule has 7 heteroatoms. The number of hydrogen-bond donors (Lipinski definition) is 1. The van der Waals surface area contributed by atoms with E-state index in [0.717, 1.165) is 11.1 Å². The lowest BCUT2D eigenvalue weighted by molar-refractivity contribution is -0.123. The Hall–Kier alpha value is -4.39. The van der Waals surface area contributed by atoms with Crippen LogP contribution in [0.1, 0.15) is 27.0 Å². The Bertz CT molecular complexity index is 1190. The summed E-state index contributed by atoms with van der Waals surface area (Å²) in [5, 5.41) is 3.95. The molecule has 0 saturated heterocycles. The number of para-hydroxylation sites is 1. The summed E-state index contributed by atoms with van der Waals surface area (Å²) in [6, 6.07) is 19.5. The Balaban J connectivity index is 1.56. The average molecular weight is 459 g/mol. The molecule has 3 aromatic rings. The first-order valence-corrected chi connectivity index (χ1v) is 10.6. The van der Waals surface area contributed by atoms with E-state index in [2.05, 4.69) is 17.1 Å². The summed E-state index contributed by atoms with van der Waals surface area (Å²) in [5.74, 6) is 0.377. The topological polar surface area (TPSA) is 86.2 Å². The molecule has 0 aliphatic carbocycles. The summed E-state index contributed by atoms with van der Waals surface area (Å²) < 4.78 is 16.4. The van der Waals surface area contributed by atoms with Crippen LogP contribution in [0.5, 0.6) is 17.2 Å². The van der Waals surface area contributed by atoms with E-state index in [1.54, 1.807) is 42.5 Å². The average Bonchev–Trinajstić information content (AvgIpc) is 2.85. The van der Waals surface area contributed by atoms with Crippen molar-refractivity contribution in [1.82, 2.24) is 5.43 Å². The summed E-state index contributed by atoms with van der Waals surface area (Å²) >= 11 is 0. The molecule has 1 amide bonds. The van der Waals surface area contributed by atoms with Gasteiger partial charge in [0.15, 0.2) is 18.1 Å². The summed E-state index contributed by atoms with van der Waals surface area (Å²) in [6.07, 6.45) is 3.88. The summed E-state index contributed by atoms with van der Waals surface area (Å²) in [5.41, 5.74) is 5.50. The van der Waals surface area contributed by atoms with E-state index < -0.39 is 11.9 Å². The molecule has 1 N–H and O–H groups in total.